The Morgan fingerprint density at radius 1 is 1.37 bits per heavy atom. The fourth-order valence-corrected chi connectivity index (χ4v) is 2.54. The zero-order chi connectivity index (χ0) is 13.7. The molecule has 1 unspecified atom stereocenters. The predicted molar refractivity (Wildman–Crippen MR) is 79.2 cm³/mol. The Labute approximate surface area is 116 Å². The van der Waals surface area contributed by atoms with Gasteiger partial charge in [0.1, 0.15) is 5.82 Å². The molecule has 1 aromatic rings. The fraction of sp³-hybridized carbons (Fsp3) is 0.733. The Balaban J connectivity index is 1.88. The van der Waals surface area contributed by atoms with Gasteiger partial charge >= 0.3 is 0 Å². The minimum Gasteiger partial charge on any atom is -0.355 e. The van der Waals surface area contributed by atoms with Crippen LogP contribution < -0.4 is 10.2 Å². The van der Waals surface area contributed by atoms with E-state index >= 15 is 0 Å². The molecule has 0 amide bonds. The molecule has 4 heteroatoms. The lowest BCUT2D eigenvalue weighted by Gasteiger charge is -2.18. The second-order valence-corrected chi connectivity index (χ2v) is 5.78. The van der Waals surface area contributed by atoms with Crippen LogP contribution in [0.25, 0.3) is 0 Å². The molecule has 106 valence electrons. The molecule has 2 rings (SSSR count). The molecule has 0 aliphatic carbocycles. The van der Waals surface area contributed by atoms with Crippen molar-refractivity contribution in [2.24, 2.45) is 11.8 Å². The standard InChI is InChI=1S/C15H26N4/c1-4-6-16-8-14-9-18-15(10-17-14)19-7-5-13(11-19)12(2)3/h9-10,12-13,16H,4-8,11H2,1-3H3. The van der Waals surface area contributed by atoms with Crippen LogP contribution in [0.15, 0.2) is 12.4 Å². The lowest BCUT2D eigenvalue weighted by Crippen LogP contribution is -2.22. The van der Waals surface area contributed by atoms with Crippen LogP contribution in [0.3, 0.4) is 0 Å². The van der Waals surface area contributed by atoms with Gasteiger partial charge in [0.15, 0.2) is 0 Å². The van der Waals surface area contributed by atoms with E-state index < -0.39 is 0 Å². The Morgan fingerprint density at radius 3 is 2.79 bits per heavy atom. The zero-order valence-corrected chi connectivity index (χ0v) is 12.4. The van der Waals surface area contributed by atoms with Gasteiger partial charge in [-0.2, -0.15) is 0 Å². The van der Waals surface area contributed by atoms with Gasteiger partial charge in [0.05, 0.1) is 18.1 Å². The van der Waals surface area contributed by atoms with E-state index in [1.807, 2.05) is 12.4 Å². The summed E-state index contributed by atoms with van der Waals surface area (Å²) in [5, 5.41) is 3.35. The predicted octanol–water partition coefficient (Wildman–Crippen LogP) is 2.46. The number of hydrogen-bond acceptors (Lipinski definition) is 4. The van der Waals surface area contributed by atoms with Crippen molar-refractivity contribution in [1.82, 2.24) is 15.3 Å². The van der Waals surface area contributed by atoms with E-state index in [0.717, 1.165) is 55.9 Å². The summed E-state index contributed by atoms with van der Waals surface area (Å²) >= 11 is 0. The zero-order valence-electron chi connectivity index (χ0n) is 12.4. The normalized spacial score (nSPS) is 19.4. The SMILES string of the molecule is CCCNCc1cnc(N2CCC(C(C)C)C2)cn1. The second-order valence-electron chi connectivity index (χ2n) is 5.78. The molecule has 0 bridgehead atoms. The maximum absolute atomic E-state index is 4.56. The molecule has 4 nitrogen and oxygen atoms in total. The lowest BCUT2D eigenvalue weighted by atomic mass is 9.95. The second kappa shape index (κ2) is 6.85. The van der Waals surface area contributed by atoms with Gasteiger partial charge in [-0.3, -0.25) is 4.98 Å². The van der Waals surface area contributed by atoms with E-state index in [0.29, 0.717) is 0 Å². The summed E-state index contributed by atoms with van der Waals surface area (Å²) in [6, 6.07) is 0. The van der Waals surface area contributed by atoms with E-state index in [1.54, 1.807) is 0 Å². The van der Waals surface area contributed by atoms with Crippen LogP contribution >= 0.6 is 0 Å². The van der Waals surface area contributed by atoms with Crippen LogP contribution in [0.1, 0.15) is 39.3 Å². The highest BCUT2D eigenvalue weighted by molar-refractivity contribution is 5.37. The average Bonchev–Trinajstić information content (AvgIpc) is 2.90. The Hall–Kier alpha value is -1.16. The van der Waals surface area contributed by atoms with E-state index in [-0.39, 0.29) is 0 Å². The minimum atomic E-state index is 0.760. The van der Waals surface area contributed by atoms with Crippen molar-refractivity contribution >= 4 is 5.82 Å². The van der Waals surface area contributed by atoms with Gasteiger partial charge in [0.25, 0.3) is 0 Å². The van der Waals surface area contributed by atoms with Crippen molar-refractivity contribution in [1.29, 1.82) is 0 Å². The first-order valence-corrected chi connectivity index (χ1v) is 7.47. The molecule has 19 heavy (non-hydrogen) atoms. The summed E-state index contributed by atoms with van der Waals surface area (Å²) in [5.41, 5.74) is 1.02. The first-order valence-electron chi connectivity index (χ1n) is 7.47. The summed E-state index contributed by atoms with van der Waals surface area (Å²) < 4.78 is 0. The number of nitrogens with zero attached hydrogens (tertiary/aromatic N) is 3. The van der Waals surface area contributed by atoms with Crippen molar-refractivity contribution in [2.75, 3.05) is 24.5 Å². The topological polar surface area (TPSA) is 41.1 Å². The number of nitrogens with one attached hydrogen (secondary N) is 1. The van der Waals surface area contributed by atoms with Crippen molar-refractivity contribution in [3.63, 3.8) is 0 Å². The largest absolute Gasteiger partial charge is 0.355 e. The molecule has 1 atom stereocenters. The molecule has 0 aromatic carbocycles. The van der Waals surface area contributed by atoms with Gasteiger partial charge < -0.3 is 10.2 Å². The highest BCUT2D eigenvalue weighted by Crippen LogP contribution is 2.26. The summed E-state index contributed by atoms with van der Waals surface area (Å²) in [6.45, 7) is 10.9. The number of aromatic nitrogens is 2. The fourth-order valence-electron chi connectivity index (χ4n) is 2.54. The number of anilines is 1. The maximum atomic E-state index is 4.56. The third-order valence-corrected chi connectivity index (χ3v) is 3.92. The average molecular weight is 262 g/mol. The first kappa shape index (κ1) is 14.3. The molecule has 0 spiro atoms. The quantitative estimate of drug-likeness (QED) is 0.800. The van der Waals surface area contributed by atoms with Crippen LogP contribution in [-0.4, -0.2) is 29.6 Å². The van der Waals surface area contributed by atoms with Crippen molar-refractivity contribution < 1.29 is 0 Å². The molecule has 1 saturated heterocycles. The van der Waals surface area contributed by atoms with E-state index in [1.165, 1.54) is 6.42 Å². The van der Waals surface area contributed by atoms with Crippen LogP contribution in [0.2, 0.25) is 0 Å². The molecule has 2 heterocycles. The van der Waals surface area contributed by atoms with E-state index in [9.17, 15) is 0 Å². The molecular weight excluding hydrogens is 236 g/mol. The van der Waals surface area contributed by atoms with Crippen LogP contribution in [0.5, 0.6) is 0 Å². The third kappa shape index (κ3) is 3.90. The molecule has 1 aliphatic heterocycles. The van der Waals surface area contributed by atoms with Gasteiger partial charge in [0.2, 0.25) is 0 Å². The molecule has 0 radical (unpaired) electrons. The van der Waals surface area contributed by atoms with Gasteiger partial charge in [0, 0.05) is 19.6 Å². The highest BCUT2D eigenvalue weighted by atomic mass is 15.2. The third-order valence-electron chi connectivity index (χ3n) is 3.92. The van der Waals surface area contributed by atoms with Gasteiger partial charge in [-0.1, -0.05) is 20.8 Å². The van der Waals surface area contributed by atoms with Crippen LogP contribution in [0, 0.1) is 11.8 Å². The van der Waals surface area contributed by atoms with Gasteiger partial charge in [-0.15, -0.1) is 0 Å². The molecule has 1 aromatic heterocycles. The van der Waals surface area contributed by atoms with Crippen molar-refractivity contribution in [3.8, 4) is 0 Å². The van der Waals surface area contributed by atoms with Gasteiger partial charge in [-0.25, -0.2) is 4.98 Å². The summed E-state index contributed by atoms with van der Waals surface area (Å²) in [7, 11) is 0. The molecule has 1 aliphatic rings. The van der Waals surface area contributed by atoms with Gasteiger partial charge in [-0.05, 0) is 31.2 Å². The smallest absolute Gasteiger partial charge is 0.147 e. The Kier molecular flexibility index (Phi) is 5.14. The first-order chi connectivity index (χ1) is 9.20. The van der Waals surface area contributed by atoms with Crippen LogP contribution in [0.4, 0.5) is 5.82 Å². The minimum absolute atomic E-state index is 0.760. The monoisotopic (exact) mass is 262 g/mol. The molecular formula is C15H26N4. The lowest BCUT2D eigenvalue weighted by molar-refractivity contribution is 0.422. The van der Waals surface area contributed by atoms with Crippen LogP contribution in [-0.2, 0) is 6.54 Å². The van der Waals surface area contributed by atoms with Crippen molar-refractivity contribution in [3.05, 3.63) is 18.1 Å². The Morgan fingerprint density at radius 2 is 2.21 bits per heavy atom. The van der Waals surface area contributed by atoms with E-state index in [4.69, 9.17) is 0 Å². The van der Waals surface area contributed by atoms with Crippen molar-refractivity contribution in [2.45, 2.75) is 40.2 Å². The molecule has 1 fully saturated rings. The van der Waals surface area contributed by atoms with E-state index in [2.05, 4.69) is 41.0 Å². The summed E-state index contributed by atoms with van der Waals surface area (Å²) in [6.07, 6.45) is 6.25. The number of hydrogen-bond donors (Lipinski definition) is 1. The Bertz CT molecular complexity index is 374. The maximum Gasteiger partial charge on any atom is 0.147 e. The summed E-state index contributed by atoms with van der Waals surface area (Å²) in [4.78, 5) is 11.4. The number of rotatable bonds is 6. The molecule has 1 N–H and O–H groups in total. The summed E-state index contributed by atoms with van der Waals surface area (Å²) in [5.74, 6) is 2.59. The molecule has 0 saturated carbocycles. The highest BCUT2D eigenvalue weighted by Gasteiger charge is 2.25.